The van der Waals surface area contributed by atoms with E-state index in [9.17, 15) is 10.1 Å². The van der Waals surface area contributed by atoms with E-state index in [0.29, 0.717) is 16.5 Å². The summed E-state index contributed by atoms with van der Waals surface area (Å²) < 4.78 is 5.16. The van der Waals surface area contributed by atoms with Gasteiger partial charge in [-0.25, -0.2) is 0 Å². The van der Waals surface area contributed by atoms with Crippen molar-refractivity contribution in [2.24, 2.45) is 0 Å². The average Bonchev–Trinajstić information content (AvgIpc) is 2.49. The zero-order chi connectivity index (χ0) is 16.1. The van der Waals surface area contributed by atoms with Crippen molar-refractivity contribution in [2.75, 3.05) is 17.7 Å². The molecule has 0 aliphatic heterocycles. The van der Waals surface area contributed by atoms with Gasteiger partial charge in [-0.15, -0.1) is 0 Å². The number of hydrogen-bond acceptors (Lipinski definition) is 4. The first-order valence-corrected chi connectivity index (χ1v) is 6.88. The molecule has 2 rings (SSSR count). The van der Waals surface area contributed by atoms with Gasteiger partial charge in [0.25, 0.3) is 5.69 Å². The van der Waals surface area contributed by atoms with Gasteiger partial charge in [0.05, 0.1) is 23.8 Å². The molecule has 2 aromatic rings. The van der Waals surface area contributed by atoms with Gasteiger partial charge in [0.15, 0.2) is 5.11 Å². The molecule has 7 heteroatoms. The van der Waals surface area contributed by atoms with E-state index in [1.54, 1.807) is 6.07 Å². The van der Waals surface area contributed by atoms with Gasteiger partial charge < -0.3 is 15.4 Å². The van der Waals surface area contributed by atoms with Crippen molar-refractivity contribution in [3.05, 3.63) is 58.1 Å². The summed E-state index contributed by atoms with van der Waals surface area (Å²) >= 11 is 5.26. The third kappa shape index (κ3) is 3.70. The van der Waals surface area contributed by atoms with Crippen LogP contribution in [-0.2, 0) is 0 Å². The molecule has 0 aliphatic rings. The third-order valence-corrected chi connectivity index (χ3v) is 3.24. The largest absolute Gasteiger partial charge is 0.494 e. The van der Waals surface area contributed by atoms with Gasteiger partial charge in [0.2, 0.25) is 0 Å². The van der Waals surface area contributed by atoms with Crippen molar-refractivity contribution >= 4 is 34.4 Å². The number of ether oxygens (including phenoxy) is 1. The zero-order valence-corrected chi connectivity index (χ0v) is 12.9. The second-order valence-electron chi connectivity index (χ2n) is 4.54. The summed E-state index contributed by atoms with van der Waals surface area (Å²) in [6.07, 6.45) is 0. The van der Waals surface area contributed by atoms with Gasteiger partial charge in [-0.1, -0.05) is 18.2 Å². The monoisotopic (exact) mass is 317 g/mol. The molecule has 0 amide bonds. The number of nitro groups is 1. The Hall–Kier alpha value is -2.67. The van der Waals surface area contributed by atoms with E-state index in [-0.39, 0.29) is 5.69 Å². The molecule has 0 atom stereocenters. The number of rotatable bonds is 4. The predicted octanol–water partition coefficient (Wildman–Crippen LogP) is 3.72. The number of aryl methyl sites for hydroxylation is 1. The second kappa shape index (κ2) is 6.86. The molecule has 0 saturated heterocycles. The third-order valence-electron chi connectivity index (χ3n) is 3.04. The molecule has 0 spiro atoms. The number of nitrogens with one attached hydrogen (secondary N) is 2. The molecule has 0 radical (unpaired) electrons. The van der Waals surface area contributed by atoms with Crippen LogP contribution in [0.2, 0.25) is 0 Å². The highest BCUT2D eigenvalue weighted by Gasteiger charge is 2.12. The number of nitrogens with zero attached hydrogens (tertiary/aromatic N) is 1. The van der Waals surface area contributed by atoms with Gasteiger partial charge in [-0.2, -0.15) is 0 Å². The van der Waals surface area contributed by atoms with Crippen LogP contribution in [0.4, 0.5) is 17.1 Å². The highest BCUT2D eigenvalue weighted by Crippen LogP contribution is 2.29. The molecule has 0 heterocycles. The quantitative estimate of drug-likeness (QED) is 0.508. The van der Waals surface area contributed by atoms with Crippen LogP contribution in [0, 0.1) is 17.0 Å². The predicted molar refractivity (Wildman–Crippen MR) is 90.7 cm³/mol. The first kappa shape index (κ1) is 15.7. The summed E-state index contributed by atoms with van der Waals surface area (Å²) in [4.78, 5) is 10.3. The molecule has 114 valence electrons. The number of para-hydroxylation sites is 1. The topological polar surface area (TPSA) is 76.4 Å². The van der Waals surface area contributed by atoms with Crippen molar-refractivity contribution in [3.8, 4) is 5.75 Å². The van der Waals surface area contributed by atoms with Crippen LogP contribution >= 0.6 is 12.2 Å². The minimum absolute atomic E-state index is 0.0415. The number of anilines is 2. The minimum atomic E-state index is -0.476. The summed E-state index contributed by atoms with van der Waals surface area (Å²) in [5.41, 5.74) is 2.46. The number of methoxy groups -OCH3 is 1. The fourth-order valence-corrected chi connectivity index (χ4v) is 2.11. The van der Waals surface area contributed by atoms with E-state index < -0.39 is 4.92 Å². The first-order valence-electron chi connectivity index (χ1n) is 6.47. The molecule has 0 bridgehead atoms. The van der Waals surface area contributed by atoms with E-state index in [1.807, 2.05) is 31.2 Å². The van der Waals surface area contributed by atoms with Crippen molar-refractivity contribution in [2.45, 2.75) is 6.92 Å². The van der Waals surface area contributed by atoms with Crippen molar-refractivity contribution < 1.29 is 9.66 Å². The van der Waals surface area contributed by atoms with Gasteiger partial charge >= 0.3 is 0 Å². The minimum Gasteiger partial charge on any atom is -0.494 e. The smallest absolute Gasteiger partial charge is 0.273 e. The van der Waals surface area contributed by atoms with Crippen LogP contribution in [0.3, 0.4) is 0 Å². The maximum Gasteiger partial charge on any atom is 0.273 e. The van der Waals surface area contributed by atoms with Crippen LogP contribution in [-0.4, -0.2) is 17.1 Å². The Labute approximate surface area is 133 Å². The van der Waals surface area contributed by atoms with Crippen LogP contribution < -0.4 is 15.4 Å². The molecule has 2 aromatic carbocycles. The maximum absolute atomic E-state index is 10.8. The van der Waals surface area contributed by atoms with Crippen molar-refractivity contribution in [1.29, 1.82) is 0 Å². The number of thiocarbonyl (C=S) groups is 1. The number of nitro benzene ring substituents is 1. The Morgan fingerprint density at radius 3 is 2.50 bits per heavy atom. The van der Waals surface area contributed by atoms with Gasteiger partial charge in [-0.3, -0.25) is 10.1 Å². The summed E-state index contributed by atoms with van der Waals surface area (Å²) in [5.74, 6) is 0.350. The van der Waals surface area contributed by atoms with Crippen molar-refractivity contribution in [1.82, 2.24) is 0 Å². The lowest BCUT2D eigenvalue weighted by atomic mass is 10.2. The van der Waals surface area contributed by atoms with Crippen LogP contribution in [0.5, 0.6) is 5.75 Å². The van der Waals surface area contributed by atoms with Gasteiger partial charge in [0.1, 0.15) is 5.75 Å². The lowest BCUT2D eigenvalue weighted by molar-refractivity contribution is -0.384. The second-order valence-corrected chi connectivity index (χ2v) is 4.94. The Bertz CT molecular complexity index is 719. The number of non-ortho nitro benzene ring substituents is 1. The molecule has 0 saturated carbocycles. The van der Waals surface area contributed by atoms with Gasteiger partial charge in [-0.05, 0) is 36.8 Å². The molecular formula is C15H15N3O3S. The van der Waals surface area contributed by atoms with E-state index in [0.717, 1.165) is 11.3 Å². The molecule has 2 N–H and O–H groups in total. The Morgan fingerprint density at radius 1 is 1.18 bits per heavy atom. The van der Waals surface area contributed by atoms with Crippen LogP contribution in [0.1, 0.15) is 5.56 Å². The fraction of sp³-hybridized carbons (Fsp3) is 0.133. The number of benzene rings is 2. The normalized spacial score (nSPS) is 9.91. The van der Waals surface area contributed by atoms with E-state index in [2.05, 4.69) is 10.6 Å². The van der Waals surface area contributed by atoms with Gasteiger partial charge in [0, 0.05) is 11.8 Å². The Kier molecular flexibility index (Phi) is 4.90. The summed E-state index contributed by atoms with van der Waals surface area (Å²) in [5, 5.41) is 17.2. The highest BCUT2D eigenvalue weighted by molar-refractivity contribution is 7.80. The molecule has 0 aliphatic carbocycles. The summed E-state index contributed by atoms with van der Waals surface area (Å²) in [6.45, 7) is 1.97. The molecule has 22 heavy (non-hydrogen) atoms. The Balaban J connectivity index is 2.15. The number of hydrogen-bond donors (Lipinski definition) is 2. The summed E-state index contributed by atoms with van der Waals surface area (Å²) in [6, 6.07) is 12.0. The van der Waals surface area contributed by atoms with E-state index in [4.69, 9.17) is 17.0 Å². The molecule has 0 aromatic heterocycles. The first-order chi connectivity index (χ1) is 10.5. The lowest BCUT2D eigenvalue weighted by Crippen LogP contribution is -2.20. The highest BCUT2D eigenvalue weighted by atomic mass is 32.1. The fourth-order valence-electron chi connectivity index (χ4n) is 1.89. The molecule has 6 nitrogen and oxygen atoms in total. The standard InChI is InChI=1S/C15H15N3O3S/c1-10-5-3-4-6-12(10)16-15(22)17-13-8-7-11(18(19)20)9-14(13)21-2/h3-9H,1-2H3,(H2,16,17,22). The summed E-state index contributed by atoms with van der Waals surface area (Å²) in [7, 11) is 1.45. The Morgan fingerprint density at radius 2 is 1.86 bits per heavy atom. The van der Waals surface area contributed by atoms with Crippen LogP contribution in [0.25, 0.3) is 0 Å². The van der Waals surface area contributed by atoms with Crippen LogP contribution in [0.15, 0.2) is 42.5 Å². The van der Waals surface area contributed by atoms with E-state index >= 15 is 0 Å². The molecule has 0 unspecified atom stereocenters. The lowest BCUT2D eigenvalue weighted by Gasteiger charge is -2.14. The zero-order valence-electron chi connectivity index (χ0n) is 12.1. The SMILES string of the molecule is COc1cc([N+](=O)[O-])ccc1NC(=S)Nc1ccccc1C. The molecular weight excluding hydrogens is 302 g/mol. The molecule has 0 fully saturated rings. The van der Waals surface area contributed by atoms with Crippen molar-refractivity contribution in [3.63, 3.8) is 0 Å². The van der Waals surface area contributed by atoms with E-state index in [1.165, 1.54) is 19.2 Å². The average molecular weight is 317 g/mol. The maximum atomic E-state index is 10.8.